The number of nitrogens with zero attached hydrogens (tertiary/aromatic N) is 1. The minimum Gasteiger partial charge on any atom is -0.497 e. The number of benzene rings is 1. The van der Waals surface area contributed by atoms with E-state index in [0.29, 0.717) is 12.5 Å². The van der Waals surface area contributed by atoms with Crippen molar-refractivity contribution < 1.29 is 19.0 Å². The molecule has 2 heterocycles. The lowest BCUT2D eigenvalue weighted by Crippen LogP contribution is -2.36. The number of carbonyl (C=O) groups is 1. The summed E-state index contributed by atoms with van der Waals surface area (Å²) in [6.07, 6.45) is 0.0780. The van der Waals surface area contributed by atoms with E-state index in [2.05, 4.69) is 4.99 Å². The van der Waals surface area contributed by atoms with Gasteiger partial charge in [0.05, 0.1) is 13.5 Å². The van der Waals surface area contributed by atoms with E-state index in [1.807, 2.05) is 24.3 Å². The Labute approximate surface area is 104 Å². The number of methoxy groups -OCH3 is 1. The van der Waals surface area contributed by atoms with Crippen molar-refractivity contribution in [2.45, 2.75) is 18.6 Å². The maximum absolute atomic E-state index is 11.2. The van der Waals surface area contributed by atoms with E-state index in [9.17, 15) is 4.79 Å². The molecular weight excluding hydrogens is 234 g/mol. The van der Waals surface area contributed by atoms with Gasteiger partial charge in [0.25, 0.3) is 0 Å². The Balaban J connectivity index is 1.83. The molecule has 0 saturated carbocycles. The van der Waals surface area contributed by atoms with Gasteiger partial charge in [0.2, 0.25) is 5.90 Å². The number of cyclic esters (lactones) is 1. The van der Waals surface area contributed by atoms with Crippen LogP contribution < -0.4 is 4.74 Å². The van der Waals surface area contributed by atoms with Crippen LogP contribution in [-0.4, -0.2) is 37.7 Å². The van der Waals surface area contributed by atoms with E-state index in [1.54, 1.807) is 7.11 Å². The standard InChI is InChI=1S/C13H13NO4/c1-16-9-4-2-3-8(5-9)13-14-10-7-17-12(15)6-11(10)18-13/h2-5,10-11H,6-7H2,1H3. The van der Waals surface area contributed by atoms with Gasteiger partial charge in [-0.1, -0.05) is 6.07 Å². The second kappa shape index (κ2) is 4.33. The summed E-state index contributed by atoms with van der Waals surface area (Å²) in [6, 6.07) is 7.42. The SMILES string of the molecule is COc1cccc(C2=NC3COC(=O)CC3O2)c1. The summed E-state index contributed by atoms with van der Waals surface area (Å²) in [7, 11) is 1.61. The second-order valence-corrected chi connectivity index (χ2v) is 4.28. The van der Waals surface area contributed by atoms with Crippen LogP contribution in [0.4, 0.5) is 0 Å². The lowest BCUT2D eigenvalue weighted by atomic mass is 10.1. The molecule has 0 N–H and O–H groups in total. The van der Waals surface area contributed by atoms with Gasteiger partial charge in [-0.25, -0.2) is 4.99 Å². The number of hydrogen-bond donors (Lipinski definition) is 0. The fraction of sp³-hybridized carbons (Fsp3) is 0.385. The normalized spacial score (nSPS) is 25.8. The van der Waals surface area contributed by atoms with Crippen LogP contribution in [0.1, 0.15) is 12.0 Å². The van der Waals surface area contributed by atoms with Gasteiger partial charge in [-0.15, -0.1) is 0 Å². The number of ether oxygens (including phenoxy) is 3. The van der Waals surface area contributed by atoms with Crippen molar-refractivity contribution >= 4 is 11.9 Å². The summed E-state index contributed by atoms with van der Waals surface area (Å²) in [4.78, 5) is 15.6. The lowest BCUT2D eigenvalue weighted by molar-refractivity contribution is -0.151. The Hall–Kier alpha value is -2.04. The predicted molar refractivity (Wildman–Crippen MR) is 63.8 cm³/mol. The molecule has 2 aliphatic rings. The molecular formula is C13H13NO4. The summed E-state index contributed by atoms with van der Waals surface area (Å²) in [5, 5.41) is 0. The Morgan fingerprint density at radius 1 is 1.44 bits per heavy atom. The first-order valence-corrected chi connectivity index (χ1v) is 5.81. The molecule has 0 aromatic heterocycles. The number of esters is 1. The van der Waals surface area contributed by atoms with Crippen LogP contribution in [0.25, 0.3) is 0 Å². The Bertz CT molecular complexity index is 511. The van der Waals surface area contributed by atoms with Crippen molar-refractivity contribution in [1.29, 1.82) is 0 Å². The quantitative estimate of drug-likeness (QED) is 0.736. The zero-order chi connectivity index (χ0) is 12.5. The molecule has 5 nitrogen and oxygen atoms in total. The molecule has 0 aliphatic carbocycles. The lowest BCUT2D eigenvalue weighted by Gasteiger charge is -2.21. The fourth-order valence-corrected chi connectivity index (χ4v) is 2.11. The van der Waals surface area contributed by atoms with Gasteiger partial charge in [-0.3, -0.25) is 4.79 Å². The van der Waals surface area contributed by atoms with Gasteiger partial charge < -0.3 is 14.2 Å². The molecule has 3 rings (SSSR count). The third-order valence-corrected chi connectivity index (χ3v) is 3.07. The molecule has 1 aromatic carbocycles. The van der Waals surface area contributed by atoms with Crippen LogP contribution in [0.2, 0.25) is 0 Å². The molecule has 2 aliphatic heterocycles. The summed E-state index contributed by atoms with van der Waals surface area (Å²) < 4.78 is 15.8. The third kappa shape index (κ3) is 1.92. The van der Waals surface area contributed by atoms with Crippen LogP contribution in [-0.2, 0) is 14.3 Å². The first-order valence-electron chi connectivity index (χ1n) is 5.81. The topological polar surface area (TPSA) is 57.1 Å². The van der Waals surface area contributed by atoms with Gasteiger partial charge >= 0.3 is 5.97 Å². The largest absolute Gasteiger partial charge is 0.497 e. The number of rotatable bonds is 2. The summed E-state index contributed by atoms with van der Waals surface area (Å²) in [5.41, 5.74) is 0.858. The van der Waals surface area contributed by atoms with Crippen LogP contribution >= 0.6 is 0 Å². The van der Waals surface area contributed by atoms with E-state index in [-0.39, 0.29) is 24.5 Å². The second-order valence-electron chi connectivity index (χ2n) is 4.28. The van der Waals surface area contributed by atoms with Crippen molar-refractivity contribution in [1.82, 2.24) is 0 Å². The molecule has 2 atom stereocenters. The molecule has 0 bridgehead atoms. The highest BCUT2D eigenvalue weighted by molar-refractivity contribution is 5.96. The van der Waals surface area contributed by atoms with E-state index in [0.717, 1.165) is 11.3 Å². The van der Waals surface area contributed by atoms with Crippen molar-refractivity contribution in [3.05, 3.63) is 29.8 Å². The molecule has 18 heavy (non-hydrogen) atoms. The third-order valence-electron chi connectivity index (χ3n) is 3.07. The van der Waals surface area contributed by atoms with Crippen LogP contribution in [0.15, 0.2) is 29.3 Å². The number of fused-ring (bicyclic) bond motifs is 1. The highest BCUT2D eigenvalue weighted by Gasteiger charge is 2.38. The highest BCUT2D eigenvalue weighted by atomic mass is 16.6. The van der Waals surface area contributed by atoms with Crippen molar-refractivity contribution in [2.75, 3.05) is 13.7 Å². The van der Waals surface area contributed by atoms with E-state index >= 15 is 0 Å². The van der Waals surface area contributed by atoms with Gasteiger partial charge in [0, 0.05) is 5.56 Å². The number of hydrogen-bond acceptors (Lipinski definition) is 5. The van der Waals surface area contributed by atoms with Crippen molar-refractivity contribution in [3.8, 4) is 5.75 Å². The average molecular weight is 247 g/mol. The van der Waals surface area contributed by atoms with Crippen LogP contribution in [0.3, 0.4) is 0 Å². The molecule has 94 valence electrons. The Morgan fingerprint density at radius 2 is 2.33 bits per heavy atom. The summed E-state index contributed by atoms with van der Waals surface area (Å²) >= 11 is 0. The molecule has 0 amide bonds. The highest BCUT2D eigenvalue weighted by Crippen LogP contribution is 2.25. The number of carbonyl (C=O) groups excluding carboxylic acids is 1. The van der Waals surface area contributed by atoms with Crippen molar-refractivity contribution in [3.63, 3.8) is 0 Å². The molecule has 1 aromatic rings. The zero-order valence-corrected chi connectivity index (χ0v) is 9.96. The molecule has 2 unspecified atom stereocenters. The Morgan fingerprint density at radius 3 is 3.17 bits per heavy atom. The number of aliphatic imine (C=N–C) groups is 1. The Kier molecular flexibility index (Phi) is 2.66. The van der Waals surface area contributed by atoms with Crippen LogP contribution in [0.5, 0.6) is 5.75 Å². The van der Waals surface area contributed by atoms with E-state index in [4.69, 9.17) is 14.2 Å². The van der Waals surface area contributed by atoms with Gasteiger partial charge in [-0.2, -0.15) is 0 Å². The van der Waals surface area contributed by atoms with E-state index < -0.39 is 0 Å². The average Bonchev–Trinajstić information content (AvgIpc) is 2.81. The molecule has 0 spiro atoms. The minimum absolute atomic E-state index is 0.0797. The maximum atomic E-state index is 11.2. The smallest absolute Gasteiger partial charge is 0.309 e. The minimum atomic E-state index is -0.224. The van der Waals surface area contributed by atoms with Gasteiger partial charge in [0.15, 0.2) is 0 Å². The van der Waals surface area contributed by atoms with Gasteiger partial charge in [0.1, 0.15) is 24.5 Å². The first-order chi connectivity index (χ1) is 8.76. The molecule has 5 heteroatoms. The molecule has 0 radical (unpaired) electrons. The molecule has 1 fully saturated rings. The molecule has 1 saturated heterocycles. The maximum Gasteiger partial charge on any atom is 0.309 e. The van der Waals surface area contributed by atoms with Crippen LogP contribution in [0, 0.1) is 0 Å². The summed E-state index contributed by atoms with van der Waals surface area (Å²) in [5.74, 6) is 1.08. The fourth-order valence-electron chi connectivity index (χ4n) is 2.11. The first kappa shape index (κ1) is 11.1. The summed E-state index contributed by atoms with van der Waals surface area (Å²) in [6.45, 7) is 0.303. The monoisotopic (exact) mass is 247 g/mol. The van der Waals surface area contributed by atoms with Crippen molar-refractivity contribution in [2.24, 2.45) is 4.99 Å². The predicted octanol–water partition coefficient (Wildman–Crippen LogP) is 1.16. The zero-order valence-electron chi connectivity index (χ0n) is 9.96. The van der Waals surface area contributed by atoms with Gasteiger partial charge in [-0.05, 0) is 18.2 Å². The van der Waals surface area contributed by atoms with E-state index in [1.165, 1.54) is 0 Å².